The van der Waals surface area contributed by atoms with Crippen molar-refractivity contribution in [2.45, 2.75) is 26.9 Å². The van der Waals surface area contributed by atoms with Gasteiger partial charge in [-0.2, -0.15) is 8.78 Å². The molecule has 0 radical (unpaired) electrons. The summed E-state index contributed by atoms with van der Waals surface area (Å²) in [6.07, 6.45) is 0.113. The molecule has 15 heavy (non-hydrogen) atoms. The van der Waals surface area contributed by atoms with Crippen molar-refractivity contribution < 1.29 is 18.3 Å². The summed E-state index contributed by atoms with van der Waals surface area (Å²) in [4.78, 5) is 10.9. The van der Waals surface area contributed by atoms with Crippen LogP contribution >= 0.6 is 0 Å². The Morgan fingerprint density at radius 3 is 2.67 bits per heavy atom. The number of hydrogen-bond acceptors (Lipinski definition) is 2. The molecule has 0 unspecified atom stereocenters. The van der Waals surface area contributed by atoms with Crippen LogP contribution in [0.2, 0.25) is 0 Å². The molecule has 82 valence electrons. The van der Waals surface area contributed by atoms with E-state index in [4.69, 9.17) is 0 Å². The molecule has 0 atom stereocenters. The first-order valence-corrected chi connectivity index (χ1v) is 4.53. The number of Topliss-reactive ketones (excluding diaryl/α,β-unsaturated/α-hetero) is 1. The Morgan fingerprint density at radius 2 is 2.13 bits per heavy atom. The number of ether oxygens (including phenoxy) is 1. The van der Waals surface area contributed by atoms with Crippen molar-refractivity contribution in [1.29, 1.82) is 0 Å². The number of carbonyl (C=O) groups is 1. The van der Waals surface area contributed by atoms with Gasteiger partial charge in [0, 0.05) is 12.0 Å². The van der Waals surface area contributed by atoms with Gasteiger partial charge in [-0.25, -0.2) is 0 Å². The molecule has 0 heterocycles. The highest BCUT2D eigenvalue weighted by Crippen LogP contribution is 2.22. The fourth-order valence-electron chi connectivity index (χ4n) is 1.28. The van der Waals surface area contributed by atoms with Crippen LogP contribution in [0, 0.1) is 6.92 Å². The van der Waals surface area contributed by atoms with Crippen molar-refractivity contribution in [3.63, 3.8) is 0 Å². The zero-order valence-corrected chi connectivity index (χ0v) is 8.59. The van der Waals surface area contributed by atoms with Crippen LogP contribution in [0.1, 0.15) is 18.1 Å². The van der Waals surface area contributed by atoms with Crippen LogP contribution in [0.3, 0.4) is 0 Å². The van der Waals surface area contributed by atoms with Gasteiger partial charge < -0.3 is 4.74 Å². The lowest BCUT2D eigenvalue weighted by Gasteiger charge is -2.10. The second-order valence-electron chi connectivity index (χ2n) is 3.37. The largest absolute Gasteiger partial charge is 0.435 e. The van der Waals surface area contributed by atoms with Crippen LogP contribution in [0.15, 0.2) is 18.2 Å². The fraction of sp³-hybridized carbons (Fsp3) is 0.364. The molecule has 2 nitrogen and oxygen atoms in total. The zero-order chi connectivity index (χ0) is 11.4. The molecule has 0 aromatic heterocycles. The van der Waals surface area contributed by atoms with Gasteiger partial charge in [0.2, 0.25) is 0 Å². The van der Waals surface area contributed by atoms with Gasteiger partial charge in [0.05, 0.1) is 0 Å². The maximum absolute atomic E-state index is 12.1. The van der Waals surface area contributed by atoms with E-state index < -0.39 is 6.61 Å². The SMILES string of the molecule is CC(=O)Cc1ccc(C)cc1OC(F)F. The number of aryl methyl sites for hydroxylation is 1. The Morgan fingerprint density at radius 1 is 1.47 bits per heavy atom. The molecule has 0 fully saturated rings. The third kappa shape index (κ3) is 3.65. The van der Waals surface area contributed by atoms with Crippen LogP contribution in [-0.4, -0.2) is 12.4 Å². The molecular formula is C11H12F2O2. The lowest BCUT2D eigenvalue weighted by atomic mass is 10.1. The Hall–Kier alpha value is -1.45. The number of halogens is 2. The van der Waals surface area contributed by atoms with E-state index in [2.05, 4.69) is 4.74 Å². The molecule has 0 saturated heterocycles. The summed E-state index contributed by atoms with van der Waals surface area (Å²) in [5, 5.41) is 0. The van der Waals surface area contributed by atoms with E-state index in [0.717, 1.165) is 5.56 Å². The van der Waals surface area contributed by atoms with Crippen LogP contribution in [0.25, 0.3) is 0 Å². The van der Waals surface area contributed by atoms with Gasteiger partial charge in [-0.15, -0.1) is 0 Å². The number of alkyl halides is 2. The summed E-state index contributed by atoms with van der Waals surface area (Å²) in [5.41, 5.74) is 1.31. The number of benzene rings is 1. The Kier molecular flexibility index (Phi) is 3.77. The monoisotopic (exact) mass is 214 g/mol. The fourth-order valence-corrected chi connectivity index (χ4v) is 1.28. The molecule has 1 aromatic rings. The van der Waals surface area contributed by atoms with Gasteiger partial charge in [-0.3, -0.25) is 4.79 Å². The van der Waals surface area contributed by atoms with E-state index in [-0.39, 0.29) is 18.0 Å². The average molecular weight is 214 g/mol. The maximum atomic E-state index is 12.1. The van der Waals surface area contributed by atoms with Crippen LogP contribution in [-0.2, 0) is 11.2 Å². The van der Waals surface area contributed by atoms with Crippen molar-refractivity contribution in [3.05, 3.63) is 29.3 Å². The normalized spacial score (nSPS) is 10.5. The van der Waals surface area contributed by atoms with Gasteiger partial charge in [-0.05, 0) is 25.5 Å². The molecule has 0 bridgehead atoms. The van der Waals surface area contributed by atoms with E-state index >= 15 is 0 Å². The Bertz CT molecular complexity index is 362. The average Bonchev–Trinajstić information content (AvgIpc) is 2.08. The van der Waals surface area contributed by atoms with E-state index in [1.54, 1.807) is 19.1 Å². The second-order valence-corrected chi connectivity index (χ2v) is 3.37. The first-order valence-electron chi connectivity index (χ1n) is 4.53. The van der Waals surface area contributed by atoms with E-state index in [1.807, 2.05) is 0 Å². The minimum atomic E-state index is -2.86. The molecule has 0 aliphatic carbocycles. The van der Waals surface area contributed by atoms with Gasteiger partial charge in [-0.1, -0.05) is 12.1 Å². The van der Waals surface area contributed by atoms with Crippen LogP contribution in [0.4, 0.5) is 8.78 Å². The lowest BCUT2D eigenvalue weighted by molar-refractivity contribution is -0.116. The molecule has 0 saturated carbocycles. The molecule has 0 aliphatic heterocycles. The van der Waals surface area contributed by atoms with Gasteiger partial charge in [0.15, 0.2) is 0 Å². The van der Waals surface area contributed by atoms with Crippen molar-refractivity contribution in [1.82, 2.24) is 0 Å². The number of rotatable bonds is 4. The topological polar surface area (TPSA) is 26.3 Å². The molecule has 0 N–H and O–H groups in total. The zero-order valence-electron chi connectivity index (χ0n) is 8.59. The van der Waals surface area contributed by atoms with Gasteiger partial charge in [0.25, 0.3) is 0 Å². The van der Waals surface area contributed by atoms with E-state index in [1.165, 1.54) is 13.0 Å². The Labute approximate surface area is 86.9 Å². The summed E-state index contributed by atoms with van der Waals surface area (Å²) in [6, 6.07) is 4.90. The van der Waals surface area contributed by atoms with Crippen molar-refractivity contribution in [2.75, 3.05) is 0 Å². The molecule has 1 rings (SSSR count). The third-order valence-corrected chi connectivity index (χ3v) is 1.88. The van der Waals surface area contributed by atoms with Crippen LogP contribution < -0.4 is 4.74 Å². The highest BCUT2D eigenvalue weighted by molar-refractivity contribution is 5.79. The Balaban J connectivity index is 2.97. The van der Waals surface area contributed by atoms with E-state index in [9.17, 15) is 13.6 Å². The third-order valence-electron chi connectivity index (χ3n) is 1.88. The minimum Gasteiger partial charge on any atom is -0.435 e. The molecule has 0 spiro atoms. The number of hydrogen-bond donors (Lipinski definition) is 0. The predicted octanol–water partition coefficient (Wildman–Crippen LogP) is 2.73. The molecule has 1 aromatic carbocycles. The maximum Gasteiger partial charge on any atom is 0.387 e. The molecular weight excluding hydrogens is 202 g/mol. The highest BCUT2D eigenvalue weighted by Gasteiger charge is 2.11. The summed E-state index contributed by atoms with van der Waals surface area (Å²) in [6.45, 7) is 0.319. The first-order chi connectivity index (χ1) is 6.99. The lowest BCUT2D eigenvalue weighted by Crippen LogP contribution is -2.06. The summed E-state index contributed by atoms with van der Waals surface area (Å²) in [7, 11) is 0. The van der Waals surface area contributed by atoms with Crippen molar-refractivity contribution >= 4 is 5.78 Å². The first kappa shape index (κ1) is 11.6. The van der Waals surface area contributed by atoms with E-state index in [0.29, 0.717) is 5.56 Å². The molecule has 4 heteroatoms. The minimum absolute atomic E-state index is 0.0835. The summed E-state index contributed by atoms with van der Waals surface area (Å²) in [5.74, 6) is -0.00170. The summed E-state index contributed by atoms with van der Waals surface area (Å²) < 4.78 is 28.5. The molecule has 0 amide bonds. The van der Waals surface area contributed by atoms with Gasteiger partial charge >= 0.3 is 6.61 Å². The van der Waals surface area contributed by atoms with Crippen molar-refractivity contribution in [3.8, 4) is 5.75 Å². The number of ketones is 1. The summed E-state index contributed by atoms with van der Waals surface area (Å²) >= 11 is 0. The van der Waals surface area contributed by atoms with Crippen LogP contribution in [0.5, 0.6) is 5.75 Å². The predicted molar refractivity (Wildman–Crippen MR) is 52.2 cm³/mol. The second kappa shape index (κ2) is 4.87. The smallest absolute Gasteiger partial charge is 0.387 e. The van der Waals surface area contributed by atoms with Gasteiger partial charge in [0.1, 0.15) is 11.5 Å². The number of carbonyl (C=O) groups excluding carboxylic acids is 1. The van der Waals surface area contributed by atoms with Crippen molar-refractivity contribution in [2.24, 2.45) is 0 Å². The molecule has 0 aliphatic rings. The quantitative estimate of drug-likeness (QED) is 0.770. The standard InChI is InChI=1S/C11H12F2O2/c1-7-3-4-9(6-8(2)14)10(5-7)15-11(12)13/h3-5,11H,6H2,1-2H3. The highest BCUT2D eigenvalue weighted by atomic mass is 19.3.